The molecule has 2 rings (SSSR count). The highest BCUT2D eigenvalue weighted by atomic mass is 35.5. The fraction of sp³-hybridized carbons (Fsp3) is 0.350. The Hall–Kier alpha value is -1.77. The van der Waals surface area contributed by atoms with Gasteiger partial charge in [-0.1, -0.05) is 35.9 Å². The molecule has 0 aliphatic carbocycles. The Balaban J connectivity index is 1.70. The van der Waals surface area contributed by atoms with E-state index in [1.807, 2.05) is 24.3 Å². The van der Waals surface area contributed by atoms with Crippen LogP contribution in [0.25, 0.3) is 0 Å². The Morgan fingerprint density at radius 2 is 1.97 bits per heavy atom. The number of hydrogen-bond donors (Lipinski definition) is 1. The lowest BCUT2D eigenvalue weighted by atomic mass is 10.2. The van der Waals surface area contributed by atoms with Crippen molar-refractivity contribution < 1.29 is 17.6 Å². The van der Waals surface area contributed by atoms with Crippen LogP contribution in [0.1, 0.15) is 18.4 Å². The quantitative estimate of drug-likeness (QED) is 0.515. The molecule has 0 unspecified atom stereocenters. The minimum absolute atomic E-state index is 0.00664. The van der Waals surface area contributed by atoms with Gasteiger partial charge in [0.2, 0.25) is 15.9 Å². The van der Waals surface area contributed by atoms with Gasteiger partial charge in [0.05, 0.1) is 11.9 Å². The smallest absolute Gasteiger partial charge is 0.232 e. The van der Waals surface area contributed by atoms with Gasteiger partial charge in [0.15, 0.2) is 0 Å². The van der Waals surface area contributed by atoms with Crippen molar-refractivity contribution in [1.82, 2.24) is 5.32 Å². The number of sulfonamides is 1. The number of rotatable bonds is 11. The highest BCUT2D eigenvalue weighted by Crippen LogP contribution is 2.22. The number of nitrogens with one attached hydrogen (secondary N) is 1. The number of carbonyl (C=O) groups is 1. The van der Waals surface area contributed by atoms with E-state index in [0.717, 1.165) is 27.6 Å². The number of amides is 1. The number of benzene rings is 2. The van der Waals surface area contributed by atoms with Gasteiger partial charge < -0.3 is 5.32 Å². The van der Waals surface area contributed by atoms with Gasteiger partial charge in [0, 0.05) is 36.0 Å². The van der Waals surface area contributed by atoms with Gasteiger partial charge in [-0.25, -0.2) is 12.8 Å². The molecule has 0 radical (unpaired) electrons. The van der Waals surface area contributed by atoms with Gasteiger partial charge in [-0.3, -0.25) is 9.10 Å². The van der Waals surface area contributed by atoms with Crippen molar-refractivity contribution in [3.8, 4) is 0 Å². The zero-order valence-electron chi connectivity index (χ0n) is 16.1. The Bertz CT molecular complexity index is 925. The second kappa shape index (κ2) is 11.4. The Morgan fingerprint density at radius 1 is 1.21 bits per heavy atom. The predicted molar refractivity (Wildman–Crippen MR) is 118 cm³/mol. The summed E-state index contributed by atoms with van der Waals surface area (Å²) in [5.74, 6) is 0.792. The number of hydrogen-bond acceptors (Lipinski definition) is 4. The van der Waals surface area contributed by atoms with Crippen LogP contribution in [0, 0.1) is 5.82 Å². The highest BCUT2D eigenvalue weighted by Gasteiger charge is 2.20. The van der Waals surface area contributed by atoms with Gasteiger partial charge in [0.1, 0.15) is 5.82 Å². The number of thioether (sulfide) groups is 1. The van der Waals surface area contributed by atoms with E-state index in [9.17, 15) is 17.6 Å². The topological polar surface area (TPSA) is 66.5 Å². The van der Waals surface area contributed by atoms with Crippen LogP contribution in [0.5, 0.6) is 0 Å². The Labute approximate surface area is 180 Å². The van der Waals surface area contributed by atoms with Crippen LogP contribution < -0.4 is 9.62 Å². The van der Waals surface area contributed by atoms with E-state index in [1.165, 1.54) is 18.2 Å². The summed E-state index contributed by atoms with van der Waals surface area (Å²) < 4.78 is 38.9. The summed E-state index contributed by atoms with van der Waals surface area (Å²) in [5, 5.41) is 3.52. The summed E-state index contributed by atoms with van der Waals surface area (Å²) in [4.78, 5) is 12.0. The van der Waals surface area contributed by atoms with Gasteiger partial charge >= 0.3 is 0 Å². The normalized spacial score (nSPS) is 11.3. The molecular weight excluding hydrogens is 435 g/mol. The molecule has 0 atom stereocenters. The Kier molecular flexibility index (Phi) is 9.26. The molecule has 0 saturated carbocycles. The SMILES string of the molecule is CS(=O)(=O)N(CCCC(=O)NCCSCc1cccc(Cl)c1)c1ccccc1F. The number of halogens is 2. The van der Waals surface area contributed by atoms with E-state index in [4.69, 9.17) is 11.6 Å². The summed E-state index contributed by atoms with van der Waals surface area (Å²) in [6, 6.07) is 13.3. The molecule has 0 heterocycles. The average Bonchev–Trinajstić information content (AvgIpc) is 2.65. The molecule has 0 bridgehead atoms. The van der Waals surface area contributed by atoms with Gasteiger partial charge in [-0.05, 0) is 36.2 Å². The van der Waals surface area contributed by atoms with Crippen molar-refractivity contribution in [2.45, 2.75) is 18.6 Å². The molecule has 2 aromatic rings. The highest BCUT2D eigenvalue weighted by molar-refractivity contribution is 7.98. The van der Waals surface area contributed by atoms with E-state index in [0.29, 0.717) is 18.0 Å². The third-order valence-corrected chi connectivity index (χ3v) is 6.46. The van der Waals surface area contributed by atoms with E-state index in [-0.39, 0.29) is 24.6 Å². The number of nitrogens with zero attached hydrogens (tertiary/aromatic N) is 1. The van der Waals surface area contributed by atoms with Crippen molar-refractivity contribution in [2.75, 3.05) is 29.4 Å². The molecule has 29 heavy (non-hydrogen) atoms. The van der Waals surface area contributed by atoms with Crippen molar-refractivity contribution in [3.63, 3.8) is 0 Å². The second-order valence-corrected chi connectivity index (χ2v) is 9.87. The van der Waals surface area contributed by atoms with Crippen LogP contribution in [-0.2, 0) is 20.6 Å². The first-order chi connectivity index (χ1) is 13.8. The summed E-state index contributed by atoms with van der Waals surface area (Å²) in [6.45, 7) is 0.559. The number of anilines is 1. The first-order valence-corrected chi connectivity index (χ1v) is 12.5. The molecule has 0 aromatic heterocycles. The molecule has 2 aromatic carbocycles. The van der Waals surface area contributed by atoms with Crippen molar-refractivity contribution in [2.24, 2.45) is 0 Å². The second-order valence-electron chi connectivity index (χ2n) is 6.42. The van der Waals surface area contributed by atoms with Crippen LogP contribution >= 0.6 is 23.4 Å². The van der Waals surface area contributed by atoms with Crippen LogP contribution in [0.3, 0.4) is 0 Å². The fourth-order valence-corrected chi connectivity index (χ4v) is 4.65. The fourth-order valence-electron chi connectivity index (χ4n) is 2.67. The maximum Gasteiger partial charge on any atom is 0.232 e. The molecule has 1 N–H and O–H groups in total. The Morgan fingerprint density at radius 3 is 2.66 bits per heavy atom. The van der Waals surface area contributed by atoms with Crippen LogP contribution in [0.4, 0.5) is 10.1 Å². The molecule has 0 saturated heterocycles. The minimum atomic E-state index is -3.64. The average molecular weight is 459 g/mol. The number of para-hydroxylation sites is 1. The van der Waals surface area contributed by atoms with Gasteiger partial charge in [-0.15, -0.1) is 0 Å². The third kappa shape index (κ3) is 8.24. The summed E-state index contributed by atoms with van der Waals surface area (Å²) in [5.41, 5.74) is 1.12. The van der Waals surface area contributed by atoms with E-state index < -0.39 is 15.8 Å². The maximum atomic E-state index is 13.9. The largest absolute Gasteiger partial charge is 0.355 e. The van der Waals surface area contributed by atoms with E-state index in [1.54, 1.807) is 17.8 Å². The lowest BCUT2D eigenvalue weighted by Crippen LogP contribution is -2.33. The minimum Gasteiger partial charge on any atom is -0.355 e. The maximum absolute atomic E-state index is 13.9. The summed E-state index contributed by atoms with van der Waals surface area (Å²) in [7, 11) is -3.64. The van der Waals surface area contributed by atoms with Gasteiger partial charge in [0.25, 0.3) is 0 Å². The molecule has 0 aliphatic heterocycles. The van der Waals surface area contributed by atoms with E-state index >= 15 is 0 Å². The van der Waals surface area contributed by atoms with Crippen molar-refractivity contribution in [3.05, 3.63) is 64.9 Å². The predicted octanol–water partition coefficient (Wildman–Crippen LogP) is 4.07. The lowest BCUT2D eigenvalue weighted by Gasteiger charge is -2.22. The molecule has 1 amide bonds. The molecule has 0 fully saturated rings. The molecule has 0 aliphatic rings. The monoisotopic (exact) mass is 458 g/mol. The first kappa shape index (κ1) is 23.5. The zero-order chi connectivity index (χ0) is 21.3. The van der Waals surface area contributed by atoms with Crippen LogP contribution in [-0.4, -0.2) is 39.4 Å². The van der Waals surface area contributed by atoms with E-state index in [2.05, 4.69) is 5.32 Å². The molecular formula is C20H24ClFN2O3S2. The third-order valence-electron chi connectivity index (χ3n) is 4.01. The van der Waals surface area contributed by atoms with Crippen molar-refractivity contribution >= 4 is 45.0 Å². The van der Waals surface area contributed by atoms with Crippen LogP contribution in [0.2, 0.25) is 5.02 Å². The van der Waals surface area contributed by atoms with Crippen LogP contribution in [0.15, 0.2) is 48.5 Å². The number of carbonyl (C=O) groups excluding carboxylic acids is 1. The summed E-state index contributed by atoms with van der Waals surface area (Å²) in [6.07, 6.45) is 1.49. The molecule has 5 nitrogen and oxygen atoms in total. The first-order valence-electron chi connectivity index (χ1n) is 9.08. The molecule has 158 valence electrons. The van der Waals surface area contributed by atoms with Gasteiger partial charge in [-0.2, -0.15) is 11.8 Å². The standard InChI is InChI=1S/C20H24ClFN2O3S2/c1-29(26,27)24(19-9-3-2-8-18(19)22)12-5-10-20(25)23-11-13-28-15-16-6-4-7-17(21)14-16/h2-4,6-9,14H,5,10-13,15H2,1H3,(H,23,25). The lowest BCUT2D eigenvalue weighted by molar-refractivity contribution is -0.121. The zero-order valence-corrected chi connectivity index (χ0v) is 18.5. The summed E-state index contributed by atoms with van der Waals surface area (Å²) >= 11 is 7.63. The molecule has 0 spiro atoms. The molecule has 9 heteroatoms. The van der Waals surface area contributed by atoms with Crippen molar-refractivity contribution in [1.29, 1.82) is 0 Å².